The van der Waals surface area contributed by atoms with Gasteiger partial charge in [0.25, 0.3) is 5.91 Å². The summed E-state index contributed by atoms with van der Waals surface area (Å²) in [5, 5.41) is 6.84. The van der Waals surface area contributed by atoms with Crippen LogP contribution < -0.4 is 15.4 Å². The lowest BCUT2D eigenvalue weighted by Gasteiger charge is -2.12. The maximum Gasteiger partial charge on any atom is 0.274 e. The van der Waals surface area contributed by atoms with Gasteiger partial charge in [0.2, 0.25) is 0 Å². The lowest BCUT2D eigenvalue weighted by atomic mass is 10.2. The summed E-state index contributed by atoms with van der Waals surface area (Å²) in [6, 6.07) is 18.5. The number of anilines is 2. The Balaban J connectivity index is 1.67. The standard InChI is InChI=1S/C21H20ClN3O2/c1-2-27-20-6-4-3-5-18(20)25-21(26)19-13-17(11-12-23-19)24-14-15-7-9-16(22)10-8-15/h3-13H,2,14H2,1H3,(H,23,24)(H,25,26). The molecule has 1 amide bonds. The zero-order chi connectivity index (χ0) is 19.1. The number of hydrogen-bond donors (Lipinski definition) is 2. The van der Waals surface area contributed by atoms with Gasteiger partial charge in [-0.15, -0.1) is 0 Å². The van der Waals surface area contributed by atoms with Crippen LogP contribution in [0.4, 0.5) is 11.4 Å². The number of ether oxygens (including phenoxy) is 1. The van der Waals surface area contributed by atoms with Crippen molar-refractivity contribution in [2.24, 2.45) is 0 Å². The second-order valence-corrected chi connectivity index (χ2v) is 6.23. The number of carbonyl (C=O) groups is 1. The highest BCUT2D eigenvalue weighted by Crippen LogP contribution is 2.24. The predicted octanol–water partition coefficient (Wildman–Crippen LogP) is 5.00. The largest absolute Gasteiger partial charge is 0.492 e. The lowest BCUT2D eigenvalue weighted by molar-refractivity contribution is 0.102. The highest BCUT2D eigenvalue weighted by molar-refractivity contribution is 6.30. The monoisotopic (exact) mass is 381 g/mol. The molecule has 5 nitrogen and oxygen atoms in total. The van der Waals surface area contributed by atoms with Gasteiger partial charge in [-0.2, -0.15) is 0 Å². The van der Waals surface area contributed by atoms with Crippen LogP contribution in [0.5, 0.6) is 5.75 Å². The SMILES string of the molecule is CCOc1ccccc1NC(=O)c1cc(NCc2ccc(Cl)cc2)ccn1. The number of hydrogen-bond acceptors (Lipinski definition) is 4. The maximum atomic E-state index is 12.6. The molecule has 0 atom stereocenters. The van der Waals surface area contributed by atoms with Gasteiger partial charge in [-0.25, -0.2) is 0 Å². The molecule has 2 N–H and O–H groups in total. The van der Waals surface area contributed by atoms with Crippen LogP contribution >= 0.6 is 11.6 Å². The van der Waals surface area contributed by atoms with Crippen LogP contribution in [-0.4, -0.2) is 17.5 Å². The topological polar surface area (TPSA) is 63.2 Å². The number of nitrogens with zero attached hydrogens (tertiary/aromatic N) is 1. The predicted molar refractivity (Wildman–Crippen MR) is 109 cm³/mol. The van der Waals surface area contributed by atoms with Crippen molar-refractivity contribution >= 4 is 28.9 Å². The molecule has 27 heavy (non-hydrogen) atoms. The number of rotatable bonds is 7. The van der Waals surface area contributed by atoms with Crippen molar-refractivity contribution in [3.8, 4) is 5.75 Å². The van der Waals surface area contributed by atoms with Gasteiger partial charge < -0.3 is 15.4 Å². The molecule has 0 radical (unpaired) electrons. The lowest BCUT2D eigenvalue weighted by Crippen LogP contribution is -2.15. The van der Waals surface area contributed by atoms with Crippen molar-refractivity contribution in [1.29, 1.82) is 0 Å². The van der Waals surface area contributed by atoms with E-state index in [2.05, 4.69) is 15.6 Å². The van der Waals surface area contributed by atoms with E-state index in [0.29, 0.717) is 35.3 Å². The molecule has 1 aromatic heterocycles. The summed E-state index contributed by atoms with van der Waals surface area (Å²) in [5.41, 5.74) is 2.84. The van der Waals surface area contributed by atoms with E-state index in [4.69, 9.17) is 16.3 Å². The highest BCUT2D eigenvalue weighted by Gasteiger charge is 2.11. The first kappa shape index (κ1) is 18.7. The molecule has 1 heterocycles. The van der Waals surface area contributed by atoms with E-state index in [1.165, 1.54) is 0 Å². The minimum absolute atomic E-state index is 0.294. The van der Waals surface area contributed by atoms with E-state index >= 15 is 0 Å². The molecule has 0 aliphatic heterocycles. The second kappa shape index (κ2) is 9.05. The van der Waals surface area contributed by atoms with Gasteiger partial charge in [0.05, 0.1) is 12.3 Å². The van der Waals surface area contributed by atoms with Gasteiger partial charge in [0, 0.05) is 23.5 Å². The summed E-state index contributed by atoms with van der Waals surface area (Å²) < 4.78 is 5.54. The minimum Gasteiger partial charge on any atom is -0.492 e. The number of para-hydroxylation sites is 2. The summed E-state index contributed by atoms with van der Waals surface area (Å²) in [7, 11) is 0. The van der Waals surface area contributed by atoms with Crippen LogP contribution in [0.2, 0.25) is 5.02 Å². The molecule has 3 aromatic rings. The van der Waals surface area contributed by atoms with Gasteiger partial charge in [-0.3, -0.25) is 9.78 Å². The number of halogens is 1. The summed E-state index contributed by atoms with van der Waals surface area (Å²) in [5.74, 6) is 0.336. The normalized spacial score (nSPS) is 10.3. The third-order valence-electron chi connectivity index (χ3n) is 3.84. The van der Waals surface area contributed by atoms with Crippen LogP contribution in [0.1, 0.15) is 23.0 Å². The zero-order valence-corrected chi connectivity index (χ0v) is 15.7. The highest BCUT2D eigenvalue weighted by atomic mass is 35.5. The summed E-state index contributed by atoms with van der Waals surface area (Å²) in [6.45, 7) is 3.04. The molecule has 0 aliphatic carbocycles. The molecule has 0 bridgehead atoms. The van der Waals surface area contributed by atoms with Crippen molar-refractivity contribution < 1.29 is 9.53 Å². The fourth-order valence-electron chi connectivity index (χ4n) is 2.51. The number of aromatic nitrogens is 1. The number of carbonyl (C=O) groups excluding carboxylic acids is 1. The molecule has 0 aliphatic rings. The Bertz CT molecular complexity index is 913. The Morgan fingerprint density at radius 2 is 1.89 bits per heavy atom. The first-order valence-electron chi connectivity index (χ1n) is 8.63. The van der Waals surface area contributed by atoms with Crippen molar-refractivity contribution in [2.45, 2.75) is 13.5 Å². The molecular formula is C21H20ClN3O2. The third-order valence-corrected chi connectivity index (χ3v) is 4.09. The van der Waals surface area contributed by atoms with Crippen LogP contribution in [0.25, 0.3) is 0 Å². The van der Waals surface area contributed by atoms with E-state index in [-0.39, 0.29) is 5.91 Å². The number of nitrogens with one attached hydrogen (secondary N) is 2. The third kappa shape index (κ3) is 5.21. The smallest absolute Gasteiger partial charge is 0.274 e. The molecule has 3 rings (SSSR count). The summed E-state index contributed by atoms with van der Waals surface area (Å²) in [6.07, 6.45) is 1.60. The quantitative estimate of drug-likeness (QED) is 0.604. The molecule has 0 fully saturated rings. The van der Waals surface area contributed by atoms with Crippen molar-refractivity contribution in [3.05, 3.63) is 83.1 Å². The van der Waals surface area contributed by atoms with E-state index in [0.717, 1.165) is 11.3 Å². The molecule has 0 spiro atoms. The van der Waals surface area contributed by atoms with E-state index in [9.17, 15) is 4.79 Å². The van der Waals surface area contributed by atoms with Crippen LogP contribution in [0.3, 0.4) is 0 Å². The fraction of sp³-hybridized carbons (Fsp3) is 0.143. The maximum absolute atomic E-state index is 12.6. The molecule has 138 valence electrons. The number of amides is 1. The fourth-order valence-corrected chi connectivity index (χ4v) is 2.63. The van der Waals surface area contributed by atoms with Crippen molar-refractivity contribution in [1.82, 2.24) is 4.98 Å². The average Bonchev–Trinajstić information content (AvgIpc) is 2.69. The molecule has 0 saturated carbocycles. The summed E-state index contributed by atoms with van der Waals surface area (Å²) >= 11 is 5.90. The zero-order valence-electron chi connectivity index (χ0n) is 14.9. The van der Waals surface area contributed by atoms with Gasteiger partial charge >= 0.3 is 0 Å². The van der Waals surface area contributed by atoms with E-state index in [1.807, 2.05) is 55.5 Å². The second-order valence-electron chi connectivity index (χ2n) is 5.79. The summed E-state index contributed by atoms with van der Waals surface area (Å²) in [4.78, 5) is 16.7. The Hall–Kier alpha value is -3.05. The van der Waals surface area contributed by atoms with Crippen LogP contribution in [0.15, 0.2) is 66.9 Å². The van der Waals surface area contributed by atoms with Crippen molar-refractivity contribution in [3.63, 3.8) is 0 Å². The van der Waals surface area contributed by atoms with Gasteiger partial charge in [0.15, 0.2) is 0 Å². The first-order chi connectivity index (χ1) is 13.2. The minimum atomic E-state index is -0.294. The molecule has 0 unspecified atom stereocenters. The molecule has 6 heteroatoms. The Labute approximate surface area is 163 Å². The van der Waals surface area contributed by atoms with Crippen LogP contribution in [-0.2, 0) is 6.54 Å². The Morgan fingerprint density at radius 3 is 2.67 bits per heavy atom. The number of benzene rings is 2. The van der Waals surface area contributed by atoms with Gasteiger partial charge in [-0.1, -0.05) is 35.9 Å². The first-order valence-corrected chi connectivity index (χ1v) is 9.01. The average molecular weight is 382 g/mol. The Morgan fingerprint density at radius 1 is 1.11 bits per heavy atom. The molecule has 0 saturated heterocycles. The van der Waals surface area contributed by atoms with Gasteiger partial charge in [-0.05, 0) is 48.9 Å². The van der Waals surface area contributed by atoms with Crippen LogP contribution in [0, 0.1) is 0 Å². The van der Waals surface area contributed by atoms with Crippen molar-refractivity contribution in [2.75, 3.05) is 17.2 Å². The molecule has 2 aromatic carbocycles. The Kier molecular flexibility index (Phi) is 6.28. The van der Waals surface area contributed by atoms with Gasteiger partial charge in [0.1, 0.15) is 11.4 Å². The molecular weight excluding hydrogens is 362 g/mol. The van der Waals surface area contributed by atoms with E-state index in [1.54, 1.807) is 18.3 Å². The van der Waals surface area contributed by atoms with E-state index < -0.39 is 0 Å². The number of pyridine rings is 1.